The van der Waals surface area contributed by atoms with Gasteiger partial charge in [-0.2, -0.15) is 0 Å². The molecule has 1 amide bonds. The third kappa shape index (κ3) is 3.47. The van der Waals surface area contributed by atoms with E-state index in [-0.39, 0.29) is 18.5 Å². The molecule has 0 saturated carbocycles. The monoisotopic (exact) mass is 291 g/mol. The fourth-order valence-electron chi connectivity index (χ4n) is 1.90. The summed E-state index contributed by atoms with van der Waals surface area (Å²) in [6.45, 7) is 5.06. The molecule has 0 aliphatic carbocycles. The maximum absolute atomic E-state index is 11.9. The lowest BCUT2D eigenvalue weighted by Gasteiger charge is -2.12. The van der Waals surface area contributed by atoms with Crippen molar-refractivity contribution in [1.29, 1.82) is 0 Å². The van der Waals surface area contributed by atoms with Crippen molar-refractivity contribution < 1.29 is 4.79 Å². The number of carbonyl (C=O) groups is 1. The normalized spacial score (nSPS) is 12.1. The van der Waals surface area contributed by atoms with Crippen LogP contribution in [0.5, 0.6) is 0 Å². The zero-order chi connectivity index (χ0) is 15.6. The highest BCUT2D eigenvalue weighted by atomic mass is 16.2. The van der Waals surface area contributed by atoms with Crippen LogP contribution in [0.15, 0.2) is 22.0 Å². The standard InChI is InChI=1S/C13H17N5O3/c1-7-5-18(13(21)17-12(7)20)6-10(19)16-9(3)11-14-4-8(2)15-11/h4-5,9H,6H2,1-3H3,(H,14,15)(H,16,19)(H,17,20,21)/t9-/m0/s1. The van der Waals surface area contributed by atoms with E-state index >= 15 is 0 Å². The summed E-state index contributed by atoms with van der Waals surface area (Å²) in [7, 11) is 0. The number of aryl methyl sites for hydroxylation is 2. The van der Waals surface area contributed by atoms with E-state index in [9.17, 15) is 14.4 Å². The van der Waals surface area contributed by atoms with Crippen LogP contribution in [0.1, 0.15) is 30.0 Å². The molecular weight excluding hydrogens is 274 g/mol. The van der Waals surface area contributed by atoms with E-state index in [1.54, 1.807) is 20.0 Å². The largest absolute Gasteiger partial charge is 0.345 e. The van der Waals surface area contributed by atoms with Crippen molar-refractivity contribution in [3.8, 4) is 0 Å². The molecule has 0 radical (unpaired) electrons. The first-order chi connectivity index (χ1) is 9.86. The Bertz CT molecular complexity index is 771. The van der Waals surface area contributed by atoms with Crippen LogP contribution in [0.2, 0.25) is 0 Å². The number of amides is 1. The van der Waals surface area contributed by atoms with Crippen LogP contribution in [0.3, 0.4) is 0 Å². The van der Waals surface area contributed by atoms with E-state index in [4.69, 9.17) is 0 Å². The highest BCUT2D eigenvalue weighted by Crippen LogP contribution is 2.07. The van der Waals surface area contributed by atoms with Crippen LogP contribution >= 0.6 is 0 Å². The Kier molecular flexibility index (Phi) is 4.06. The van der Waals surface area contributed by atoms with Gasteiger partial charge in [-0.3, -0.25) is 19.1 Å². The van der Waals surface area contributed by atoms with Gasteiger partial charge in [-0.25, -0.2) is 9.78 Å². The molecule has 21 heavy (non-hydrogen) atoms. The zero-order valence-electron chi connectivity index (χ0n) is 12.1. The first-order valence-electron chi connectivity index (χ1n) is 6.48. The van der Waals surface area contributed by atoms with Crippen molar-refractivity contribution in [1.82, 2.24) is 24.8 Å². The summed E-state index contributed by atoms with van der Waals surface area (Å²) in [4.78, 5) is 44.1. The Morgan fingerprint density at radius 1 is 1.38 bits per heavy atom. The SMILES string of the molecule is Cc1cnc([C@H](C)NC(=O)Cn2cc(C)c(=O)[nH]c2=O)[nH]1. The Morgan fingerprint density at radius 3 is 2.71 bits per heavy atom. The van der Waals surface area contributed by atoms with Gasteiger partial charge < -0.3 is 10.3 Å². The molecule has 0 aliphatic rings. The molecule has 2 aromatic rings. The highest BCUT2D eigenvalue weighted by Gasteiger charge is 2.13. The van der Waals surface area contributed by atoms with Gasteiger partial charge in [-0.05, 0) is 20.8 Å². The summed E-state index contributed by atoms with van der Waals surface area (Å²) in [6.07, 6.45) is 3.04. The van der Waals surface area contributed by atoms with Gasteiger partial charge in [0.25, 0.3) is 5.56 Å². The highest BCUT2D eigenvalue weighted by molar-refractivity contribution is 5.76. The number of aromatic amines is 2. The molecule has 8 nitrogen and oxygen atoms in total. The fraction of sp³-hybridized carbons (Fsp3) is 0.385. The van der Waals surface area contributed by atoms with E-state index in [1.807, 2.05) is 6.92 Å². The van der Waals surface area contributed by atoms with Gasteiger partial charge in [0.1, 0.15) is 12.4 Å². The molecule has 2 rings (SSSR count). The Hall–Kier alpha value is -2.64. The number of rotatable bonds is 4. The second kappa shape index (κ2) is 5.78. The average Bonchev–Trinajstić information content (AvgIpc) is 2.82. The summed E-state index contributed by atoms with van der Waals surface area (Å²) < 4.78 is 1.16. The van der Waals surface area contributed by atoms with Gasteiger partial charge in [-0.15, -0.1) is 0 Å². The van der Waals surface area contributed by atoms with Gasteiger partial charge in [0.15, 0.2) is 0 Å². The van der Waals surface area contributed by atoms with Crippen molar-refractivity contribution >= 4 is 5.91 Å². The molecule has 112 valence electrons. The summed E-state index contributed by atoms with van der Waals surface area (Å²) >= 11 is 0. The van der Waals surface area contributed by atoms with E-state index < -0.39 is 11.2 Å². The van der Waals surface area contributed by atoms with Gasteiger partial charge in [0.2, 0.25) is 5.91 Å². The molecule has 1 atom stereocenters. The number of carbonyl (C=O) groups excluding carboxylic acids is 1. The molecule has 0 saturated heterocycles. The Labute approximate surface area is 120 Å². The van der Waals surface area contributed by atoms with E-state index in [0.29, 0.717) is 11.4 Å². The number of nitrogens with one attached hydrogen (secondary N) is 3. The molecule has 0 aliphatic heterocycles. The third-order valence-electron chi connectivity index (χ3n) is 3.01. The van der Waals surface area contributed by atoms with Crippen LogP contribution < -0.4 is 16.6 Å². The predicted molar refractivity (Wildman–Crippen MR) is 75.9 cm³/mol. The van der Waals surface area contributed by atoms with E-state index in [2.05, 4.69) is 20.3 Å². The maximum atomic E-state index is 11.9. The van der Waals surface area contributed by atoms with E-state index in [0.717, 1.165) is 10.3 Å². The summed E-state index contributed by atoms with van der Waals surface area (Å²) in [5, 5.41) is 2.73. The van der Waals surface area contributed by atoms with Crippen LogP contribution in [0, 0.1) is 13.8 Å². The van der Waals surface area contributed by atoms with Crippen molar-refractivity contribution in [2.45, 2.75) is 33.4 Å². The number of H-pyrrole nitrogens is 2. The lowest BCUT2D eigenvalue weighted by Crippen LogP contribution is -2.37. The average molecular weight is 291 g/mol. The van der Waals surface area contributed by atoms with Crippen LogP contribution in [-0.4, -0.2) is 25.4 Å². The Morgan fingerprint density at radius 2 is 2.10 bits per heavy atom. The first kappa shape index (κ1) is 14.8. The fourth-order valence-corrected chi connectivity index (χ4v) is 1.90. The van der Waals surface area contributed by atoms with Crippen LogP contribution in [-0.2, 0) is 11.3 Å². The summed E-state index contributed by atoms with van der Waals surface area (Å²) in [6, 6.07) is -0.300. The predicted octanol–water partition coefficient (Wildman–Crippen LogP) is -0.246. The molecule has 0 fully saturated rings. The van der Waals surface area contributed by atoms with Crippen molar-refractivity contribution in [2.24, 2.45) is 0 Å². The lowest BCUT2D eigenvalue weighted by atomic mass is 10.3. The second-order valence-electron chi connectivity index (χ2n) is 4.94. The minimum absolute atomic E-state index is 0.166. The van der Waals surface area contributed by atoms with Crippen LogP contribution in [0.4, 0.5) is 0 Å². The van der Waals surface area contributed by atoms with Gasteiger partial charge in [-0.1, -0.05) is 0 Å². The number of aromatic nitrogens is 4. The topological polar surface area (TPSA) is 113 Å². The lowest BCUT2D eigenvalue weighted by molar-refractivity contribution is -0.122. The molecule has 0 aromatic carbocycles. The van der Waals surface area contributed by atoms with Crippen molar-refractivity contribution in [3.63, 3.8) is 0 Å². The molecule has 8 heteroatoms. The maximum Gasteiger partial charge on any atom is 0.328 e. The minimum Gasteiger partial charge on any atom is -0.345 e. The molecule has 3 N–H and O–H groups in total. The summed E-state index contributed by atoms with van der Waals surface area (Å²) in [5.74, 6) is 0.302. The van der Waals surface area contributed by atoms with Crippen molar-refractivity contribution in [3.05, 3.63) is 50.3 Å². The quantitative estimate of drug-likeness (QED) is 0.721. The molecule has 2 aromatic heterocycles. The number of nitrogens with zero attached hydrogens (tertiary/aromatic N) is 2. The molecule has 0 bridgehead atoms. The molecular formula is C13H17N5O3. The Balaban J connectivity index is 2.07. The van der Waals surface area contributed by atoms with E-state index in [1.165, 1.54) is 6.20 Å². The first-order valence-corrected chi connectivity index (χ1v) is 6.48. The number of imidazole rings is 1. The molecule has 0 spiro atoms. The van der Waals surface area contributed by atoms with Gasteiger partial charge >= 0.3 is 5.69 Å². The van der Waals surface area contributed by atoms with Crippen molar-refractivity contribution in [2.75, 3.05) is 0 Å². The van der Waals surface area contributed by atoms with Gasteiger partial charge in [0, 0.05) is 23.7 Å². The molecule has 0 unspecified atom stereocenters. The third-order valence-corrected chi connectivity index (χ3v) is 3.01. The van der Waals surface area contributed by atoms with Gasteiger partial charge in [0.05, 0.1) is 6.04 Å². The minimum atomic E-state index is -0.609. The summed E-state index contributed by atoms with van der Waals surface area (Å²) in [5.41, 5.74) is 0.217. The second-order valence-corrected chi connectivity index (χ2v) is 4.94. The number of hydrogen-bond donors (Lipinski definition) is 3. The van der Waals surface area contributed by atoms with Crippen LogP contribution in [0.25, 0.3) is 0 Å². The number of hydrogen-bond acceptors (Lipinski definition) is 4. The molecule has 2 heterocycles. The smallest absolute Gasteiger partial charge is 0.328 e. The zero-order valence-corrected chi connectivity index (χ0v) is 12.1.